The molecule has 2 aromatic carbocycles. The van der Waals surface area contributed by atoms with E-state index >= 15 is 0 Å². The van der Waals surface area contributed by atoms with Crippen molar-refractivity contribution in [1.29, 1.82) is 0 Å². The van der Waals surface area contributed by atoms with Gasteiger partial charge in [0.15, 0.2) is 0 Å². The number of hydrogen-bond donors (Lipinski definition) is 2. The van der Waals surface area contributed by atoms with E-state index < -0.39 is 0 Å². The van der Waals surface area contributed by atoms with Crippen LogP contribution in [0.4, 0.5) is 10.5 Å². The molecule has 0 unspecified atom stereocenters. The fourth-order valence-electron chi connectivity index (χ4n) is 3.54. The van der Waals surface area contributed by atoms with Crippen LogP contribution in [-0.4, -0.2) is 25.6 Å². The van der Waals surface area contributed by atoms with Gasteiger partial charge in [-0.15, -0.1) is 0 Å². The van der Waals surface area contributed by atoms with E-state index in [1.54, 1.807) is 23.9 Å². The number of nitrogens with zero attached hydrogens (tertiary/aromatic N) is 4. The van der Waals surface area contributed by atoms with Gasteiger partial charge in [0.05, 0.1) is 24.1 Å². The number of urea groups is 1. The minimum atomic E-state index is -0.244. The number of pyridine rings is 1. The van der Waals surface area contributed by atoms with Crippen LogP contribution in [0.5, 0.6) is 0 Å². The van der Waals surface area contributed by atoms with E-state index in [-0.39, 0.29) is 12.1 Å². The van der Waals surface area contributed by atoms with Gasteiger partial charge in [0, 0.05) is 18.3 Å². The van der Waals surface area contributed by atoms with Crippen LogP contribution in [0, 0.1) is 0 Å². The molecule has 0 fully saturated rings. The van der Waals surface area contributed by atoms with E-state index in [9.17, 15) is 4.79 Å². The van der Waals surface area contributed by atoms with Crippen molar-refractivity contribution in [2.45, 2.75) is 13.0 Å². The molecule has 2 amide bonds. The number of nitrogens with one attached hydrogen (secondary N) is 2. The lowest BCUT2D eigenvalue weighted by Crippen LogP contribution is -2.31. The van der Waals surface area contributed by atoms with Crippen molar-refractivity contribution >= 4 is 44.4 Å². The van der Waals surface area contributed by atoms with Gasteiger partial charge in [-0.05, 0) is 30.7 Å². The maximum atomic E-state index is 12.4. The van der Waals surface area contributed by atoms with Gasteiger partial charge in [-0.2, -0.15) is 0 Å². The number of benzene rings is 2. The molecule has 31 heavy (non-hydrogen) atoms. The Morgan fingerprint density at radius 1 is 1.10 bits per heavy atom. The van der Waals surface area contributed by atoms with Crippen LogP contribution in [0.2, 0.25) is 0 Å². The molecule has 7 nitrogen and oxygen atoms in total. The molecule has 3 heterocycles. The Balaban J connectivity index is 1.40. The molecule has 0 bridgehead atoms. The Labute approximate surface area is 182 Å². The van der Waals surface area contributed by atoms with Crippen molar-refractivity contribution in [3.05, 3.63) is 72.7 Å². The average Bonchev–Trinajstić information content (AvgIpc) is 3.38. The third-order valence-corrected chi connectivity index (χ3v) is 6.13. The predicted molar refractivity (Wildman–Crippen MR) is 124 cm³/mol. The molecule has 0 aliphatic carbocycles. The van der Waals surface area contributed by atoms with Gasteiger partial charge in [-0.25, -0.2) is 19.7 Å². The number of thiazole rings is 1. The molecule has 0 aliphatic heterocycles. The summed E-state index contributed by atoms with van der Waals surface area (Å²) in [5, 5.41) is 6.72. The minimum Gasteiger partial charge on any atom is -0.332 e. The third kappa shape index (κ3) is 3.73. The molecule has 0 aliphatic rings. The Morgan fingerprint density at radius 3 is 2.77 bits per heavy atom. The van der Waals surface area contributed by atoms with Crippen molar-refractivity contribution < 1.29 is 4.79 Å². The zero-order chi connectivity index (χ0) is 21.4. The summed E-state index contributed by atoms with van der Waals surface area (Å²) in [6, 6.07) is 17.0. The molecule has 2 N–H and O–H groups in total. The minimum absolute atomic E-state index is 0.167. The number of aromatic nitrogens is 4. The Kier molecular flexibility index (Phi) is 4.83. The Bertz CT molecular complexity index is 1390. The molecule has 5 aromatic rings. The molecule has 0 saturated heterocycles. The summed E-state index contributed by atoms with van der Waals surface area (Å²) in [5.41, 5.74) is 5.42. The Hall–Kier alpha value is -3.78. The largest absolute Gasteiger partial charge is 0.332 e. The zero-order valence-electron chi connectivity index (χ0n) is 17.0. The van der Waals surface area contributed by atoms with Crippen LogP contribution in [-0.2, 0) is 7.05 Å². The van der Waals surface area contributed by atoms with Gasteiger partial charge in [-0.3, -0.25) is 0 Å². The fraction of sp³-hybridized carbons (Fsp3) is 0.130. The molecule has 3 aromatic heterocycles. The van der Waals surface area contributed by atoms with Gasteiger partial charge in [-0.1, -0.05) is 47.7 Å². The quantitative estimate of drug-likeness (QED) is 0.416. The van der Waals surface area contributed by atoms with Crippen molar-refractivity contribution in [2.24, 2.45) is 7.05 Å². The molecule has 8 heteroatoms. The second-order valence-corrected chi connectivity index (χ2v) is 8.31. The van der Waals surface area contributed by atoms with E-state index in [1.807, 2.05) is 67.1 Å². The van der Waals surface area contributed by atoms with Crippen LogP contribution in [0.1, 0.15) is 18.5 Å². The van der Waals surface area contributed by atoms with Gasteiger partial charge in [0.1, 0.15) is 20.9 Å². The van der Waals surface area contributed by atoms with Crippen LogP contribution in [0.15, 0.2) is 67.1 Å². The number of imidazole rings is 1. The summed E-state index contributed by atoms with van der Waals surface area (Å²) in [6.45, 7) is 1.96. The van der Waals surface area contributed by atoms with Gasteiger partial charge in [0.25, 0.3) is 0 Å². The first-order chi connectivity index (χ1) is 15.1. The van der Waals surface area contributed by atoms with Crippen molar-refractivity contribution in [1.82, 2.24) is 24.8 Å². The number of para-hydroxylation sites is 1. The first-order valence-corrected chi connectivity index (χ1v) is 10.7. The average molecular weight is 429 g/mol. The molecule has 0 spiro atoms. The number of anilines is 1. The lowest BCUT2D eigenvalue weighted by atomic mass is 10.1. The van der Waals surface area contributed by atoms with Crippen LogP contribution in [0.25, 0.3) is 32.0 Å². The summed E-state index contributed by atoms with van der Waals surface area (Å²) >= 11 is 1.55. The normalized spacial score (nSPS) is 12.2. The summed E-state index contributed by atoms with van der Waals surface area (Å²) in [5.74, 6) is 0. The fourth-order valence-corrected chi connectivity index (χ4v) is 4.45. The van der Waals surface area contributed by atoms with E-state index in [4.69, 9.17) is 4.98 Å². The highest BCUT2D eigenvalue weighted by Gasteiger charge is 2.15. The third-order valence-electron chi connectivity index (χ3n) is 5.12. The maximum Gasteiger partial charge on any atom is 0.319 e. The maximum absolute atomic E-state index is 12.4. The monoisotopic (exact) mass is 428 g/mol. The van der Waals surface area contributed by atoms with Crippen molar-refractivity contribution in [3.63, 3.8) is 0 Å². The van der Waals surface area contributed by atoms with Gasteiger partial charge in [0.2, 0.25) is 0 Å². The molecule has 154 valence electrons. The Morgan fingerprint density at radius 2 is 1.94 bits per heavy atom. The number of hydrogen-bond acceptors (Lipinski definition) is 5. The predicted octanol–water partition coefficient (Wildman–Crippen LogP) is 5.13. The van der Waals surface area contributed by atoms with Gasteiger partial charge >= 0.3 is 6.03 Å². The van der Waals surface area contributed by atoms with Gasteiger partial charge < -0.3 is 15.2 Å². The van der Waals surface area contributed by atoms with E-state index in [1.165, 1.54) is 0 Å². The topological polar surface area (TPSA) is 84.7 Å². The van der Waals surface area contributed by atoms with Crippen LogP contribution in [0.3, 0.4) is 0 Å². The van der Waals surface area contributed by atoms with Crippen LogP contribution < -0.4 is 10.6 Å². The standard InChI is InChI=1S/C23H20N6OS/c1-14(26-23(30)27-17-9-4-3-5-10-17)15-7-6-8-16(11-15)21-28-19-20-18(25-13-29(20)2)12-24-22(19)31-21/h3-14H,1-2H3,(H2,26,27,30)/t14-/m0/s1. The molecule has 0 radical (unpaired) electrons. The first-order valence-electron chi connectivity index (χ1n) is 9.88. The van der Waals surface area contributed by atoms with Crippen molar-refractivity contribution in [2.75, 3.05) is 5.32 Å². The number of fused-ring (bicyclic) bond motifs is 3. The SMILES string of the molecule is C[C@H](NC(=O)Nc1ccccc1)c1cccc(-c2nc3c(ncc4ncn(C)c43)s2)c1. The van der Waals surface area contributed by atoms with Crippen LogP contribution >= 0.6 is 11.3 Å². The number of carbonyl (C=O) groups is 1. The molecular formula is C23H20N6OS. The number of aryl methyl sites for hydroxylation is 1. The van der Waals surface area contributed by atoms with E-state index in [2.05, 4.69) is 26.7 Å². The second kappa shape index (κ2) is 7.81. The molecule has 5 rings (SSSR count). The molecule has 0 saturated carbocycles. The summed E-state index contributed by atoms with van der Waals surface area (Å²) in [6.07, 6.45) is 3.56. The summed E-state index contributed by atoms with van der Waals surface area (Å²) in [4.78, 5) is 27.0. The highest BCUT2D eigenvalue weighted by Crippen LogP contribution is 2.33. The number of carbonyl (C=O) groups excluding carboxylic acids is 1. The van der Waals surface area contributed by atoms with E-state index in [0.29, 0.717) is 0 Å². The summed E-state index contributed by atoms with van der Waals surface area (Å²) in [7, 11) is 1.96. The smallest absolute Gasteiger partial charge is 0.319 e. The number of amides is 2. The lowest BCUT2D eigenvalue weighted by molar-refractivity contribution is 0.249. The second-order valence-electron chi connectivity index (χ2n) is 7.33. The highest BCUT2D eigenvalue weighted by molar-refractivity contribution is 7.21. The molecular weight excluding hydrogens is 408 g/mol. The molecule has 1 atom stereocenters. The lowest BCUT2D eigenvalue weighted by Gasteiger charge is -2.15. The number of rotatable bonds is 4. The first kappa shape index (κ1) is 19.2. The van der Waals surface area contributed by atoms with E-state index in [0.717, 1.165) is 43.2 Å². The zero-order valence-corrected chi connectivity index (χ0v) is 17.9. The van der Waals surface area contributed by atoms with Crippen molar-refractivity contribution in [3.8, 4) is 10.6 Å². The highest BCUT2D eigenvalue weighted by atomic mass is 32.1. The summed E-state index contributed by atoms with van der Waals surface area (Å²) < 4.78 is 1.97.